The largest absolute Gasteiger partial charge is 0.310 e. The SMILES string of the molecule is CC1(C)c2cc(N(c3ccc(-c4cc(-c5ccccc5)cc(-c5ccccc5)c4)cc3)c3ccc(-c4ccc5c(c4)c4ccccc4n5-c4ccccc4)cc3)ccc2-c2ccc(-n3c4ccccc4c4ccccc43)cc21. The van der Waals surface area contributed by atoms with E-state index in [1.54, 1.807) is 0 Å². The van der Waals surface area contributed by atoms with Crippen molar-refractivity contribution in [3.8, 4) is 67.0 Å². The second kappa shape index (κ2) is 18.1. The Bertz CT molecular complexity index is 4490. The Labute approximate surface area is 454 Å². The fraction of sp³-hybridized carbons (Fsp3) is 0.0400. The van der Waals surface area contributed by atoms with Crippen LogP contribution in [0.5, 0.6) is 0 Å². The lowest BCUT2D eigenvalue weighted by Gasteiger charge is -2.28. The molecule has 2 heterocycles. The van der Waals surface area contributed by atoms with Gasteiger partial charge in [0.2, 0.25) is 0 Å². The van der Waals surface area contributed by atoms with Crippen molar-refractivity contribution < 1.29 is 0 Å². The molecule has 14 aromatic rings. The molecule has 0 atom stereocenters. The minimum Gasteiger partial charge on any atom is -0.310 e. The van der Waals surface area contributed by atoms with Crippen LogP contribution in [0.2, 0.25) is 0 Å². The minimum atomic E-state index is -0.267. The molecule has 0 N–H and O–H groups in total. The molecule has 0 saturated carbocycles. The van der Waals surface area contributed by atoms with Gasteiger partial charge in [-0.2, -0.15) is 0 Å². The lowest BCUT2D eigenvalue weighted by atomic mass is 9.82. The Kier molecular flexibility index (Phi) is 10.6. The van der Waals surface area contributed by atoms with E-state index in [9.17, 15) is 0 Å². The van der Waals surface area contributed by atoms with Crippen molar-refractivity contribution in [2.45, 2.75) is 19.3 Å². The van der Waals surface area contributed by atoms with E-state index in [0.717, 1.165) is 28.3 Å². The Hall–Kier alpha value is -9.96. The molecular weight excluding hydrogens is 943 g/mol. The predicted molar refractivity (Wildman–Crippen MR) is 329 cm³/mol. The van der Waals surface area contributed by atoms with Crippen LogP contribution in [0.4, 0.5) is 17.1 Å². The number of benzene rings is 12. The Morgan fingerprint density at radius 3 is 1.18 bits per heavy atom. The van der Waals surface area contributed by atoms with Crippen molar-refractivity contribution >= 4 is 60.7 Å². The first-order chi connectivity index (χ1) is 38.4. The highest BCUT2D eigenvalue weighted by atomic mass is 15.1. The van der Waals surface area contributed by atoms with Crippen LogP contribution in [-0.4, -0.2) is 9.13 Å². The molecule has 78 heavy (non-hydrogen) atoms. The highest BCUT2D eigenvalue weighted by Crippen LogP contribution is 2.52. The minimum absolute atomic E-state index is 0.267. The van der Waals surface area contributed by atoms with Gasteiger partial charge in [0.15, 0.2) is 0 Å². The van der Waals surface area contributed by atoms with Gasteiger partial charge >= 0.3 is 0 Å². The van der Waals surface area contributed by atoms with Crippen LogP contribution in [-0.2, 0) is 5.41 Å². The lowest BCUT2D eigenvalue weighted by molar-refractivity contribution is 0.660. The van der Waals surface area contributed by atoms with Crippen molar-refractivity contribution in [2.75, 3.05) is 4.90 Å². The average molecular weight is 996 g/mol. The molecule has 368 valence electrons. The monoisotopic (exact) mass is 995 g/mol. The summed E-state index contributed by atoms with van der Waals surface area (Å²) in [5.74, 6) is 0. The molecule has 12 aromatic carbocycles. The van der Waals surface area contributed by atoms with Gasteiger partial charge in [0.1, 0.15) is 0 Å². The molecule has 15 rings (SSSR count). The zero-order chi connectivity index (χ0) is 51.9. The van der Waals surface area contributed by atoms with E-state index in [-0.39, 0.29) is 5.41 Å². The summed E-state index contributed by atoms with van der Waals surface area (Å²) >= 11 is 0. The fourth-order valence-corrected chi connectivity index (χ4v) is 12.6. The second-order valence-electron chi connectivity index (χ2n) is 21.3. The van der Waals surface area contributed by atoms with Crippen LogP contribution in [0.25, 0.3) is 111 Å². The van der Waals surface area contributed by atoms with E-state index in [1.165, 1.54) is 110 Å². The van der Waals surface area contributed by atoms with Crippen LogP contribution in [0.1, 0.15) is 25.0 Å². The number of nitrogens with zero attached hydrogens (tertiary/aromatic N) is 3. The Morgan fingerprint density at radius 2 is 0.641 bits per heavy atom. The number of fused-ring (bicyclic) bond motifs is 9. The van der Waals surface area contributed by atoms with Crippen molar-refractivity contribution in [1.29, 1.82) is 0 Å². The lowest BCUT2D eigenvalue weighted by Crippen LogP contribution is -2.17. The predicted octanol–water partition coefficient (Wildman–Crippen LogP) is 20.3. The smallest absolute Gasteiger partial charge is 0.0541 e. The molecule has 0 bridgehead atoms. The third kappa shape index (κ3) is 7.42. The molecule has 1 aliphatic rings. The molecule has 3 nitrogen and oxygen atoms in total. The number of anilines is 3. The normalized spacial score (nSPS) is 12.6. The van der Waals surface area contributed by atoms with Gasteiger partial charge in [0.25, 0.3) is 0 Å². The average Bonchev–Trinajstić information content (AvgIpc) is 4.29. The van der Waals surface area contributed by atoms with Crippen LogP contribution < -0.4 is 4.90 Å². The van der Waals surface area contributed by atoms with Crippen LogP contribution in [0.15, 0.2) is 285 Å². The third-order valence-electron chi connectivity index (χ3n) is 16.5. The fourth-order valence-electron chi connectivity index (χ4n) is 12.6. The van der Waals surface area contributed by atoms with Crippen LogP contribution in [0.3, 0.4) is 0 Å². The molecule has 0 fully saturated rings. The molecule has 3 heteroatoms. The second-order valence-corrected chi connectivity index (χ2v) is 21.3. The highest BCUT2D eigenvalue weighted by Gasteiger charge is 2.37. The number of aromatic nitrogens is 2. The maximum absolute atomic E-state index is 2.45. The Morgan fingerprint density at radius 1 is 0.256 bits per heavy atom. The molecule has 0 unspecified atom stereocenters. The Balaban J connectivity index is 0.838. The van der Waals surface area contributed by atoms with Crippen LogP contribution >= 0.6 is 0 Å². The van der Waals surface area contributed by atoms with Gasteiger partial charge in [-0.1, -0.05) is 190 Å². The van der Waals surface area contributed by atoms with E-state index in [2.05, 4.69) is 313 Å². The van der Waals surface area contributed by atoms with Crippen LogP contribution in [0, 0.1) is 0 Å². The van der Waals surface area contributed by atoms with E-state index in [4.69, 9.17) is 0 Å². The summed E-state index contributed by atoms with van der Waals surface area (Å²) in [5.41, 5.74) is 25.0. The van der Waals surface area contributed by atoms with E-state index in [1.807, 2.05) is 0 Å². The number of hydrogen-bond donors (Lipinski definition) is 0. The molecule has 0 amide bonds. The van der Waals surface area contributed by atoms with Crippen molar-refractivity contribution in [3.05, 3.63) is 296 Å². The summed E-state index contributed by atoms with van der Waals surface area (Å²) < 4.78 is 4.82. The maximum Gasteiger partial charge on any atom is 0.0541 e. The third-order valence-corrected chi connectivity index (χ3v) is 16.5. The molecule has 0 saturated heterocycles. The summed E-state index contributed by atoms with van der Waals surface area (Å²) in [7, 11) is 0. The highest BCUT2D eigenvalue weighted by molar-refractivity contribution is 6.11. The molecule has 0 spiro atoms. The maximum atomic E-state index is 2.45. The van der Waals surface area contributed by atoms with Crippen molar-refractivity contribution in [3.63, 3.8) is 0 Å². The zero-order valence-corrected chi connectivity index (χ0v) is 43.5. The van der Waals surface area contributed by atoms with E-state index >= 15 is 0 Å². The molecular formula is C75H53N3. The number of rotatable bonds is 9. The summed E-state index contributed by atoms with van der Waals surface area (Å²) in [6.07, 6.45) is 0. The van der Waals surface area contributed by atoms with Crippen molar-refractivity contribution in [1.82, 2.24) is 9.13 Å². The van der Waals surface area contributed by atoms with Gasteiger partial charge in [-0.25, -0.2) is 0 Å². The summed E-state index contributed by atoms with van der Waals surface area (Å²) in [5, 5.41) is 5.03. The van der Waals surface area contributed by atoms with Gasteiger partial charge in [0, 0.05) is 55.4 Å². The van der Waals surface area contributed by atoms with Crippen molar-refractivity contribution in [2.24, 2.45) is 0 Å². The van der Waals surface area contributed by atoms with Gasteiger partial charge < -0.3 is 14.0 Å². The summed E-state index contributed by atoms with van der Waals surface area (Å²) in [6, 6.07) is 105. The van der Waals surface area contributed by atoms with E-state index in [0.29, 0.717) is 0 Å². The molecule has 0 radical (unpaired) electrons. The number of hydrogen-bond acceptors (Lipinski definition) is 1. The first-order valence-corrected chi connectivity index (χ1v) is 27.1. The van der Waals surface area contributed by atoms with Gasteiger partial charge in [-0.05, 0) is 176 Å². The zero-order valence-electron chi connectivity index (χ0n) is 43.5. The molecule has 1 aliphatic carbocycles. The molecule has 2 aromatic heterocycles. The molecule has 0 aliphatic heterocycles. The summed E-state index contributed by atoms with van der Waals surface area (Å²) in [6.45, 7) is 4.79. The first kappa shape index (κ1) is 45.4. The standard InChI is InChI=1S/C75H53N3/c1-75(2)69-48-61(39-41-63(69)64-42-40-62(49-70(64)75)78-71-27-15-12-24-65(71)66-25-13-16-28-72(66)78)76(60-37-32-53(33-38-60)57-45-55(50-18-6-3-7-19-50)44-56(46-57)51-20-8-4-9-21-51)59-35-30-52(31-36-59)54-34-43-74-68(47-54)67-26-14-17-29-73(67)77(74)58-22-10-5-11-23-58/h3-49H,1-2H3. The topological polar surface area (TPSA) is 13.1 Å². The van der Waals surface area contributed by atoms with Gasteiger partial charge in [-0.15, -0.1) is 0 Å². The first-order valence-electron chi connectivity index (χ1n) is 27.1. The van der Waals surface area contributed by atoms with E-state index < -0.39 is 0 Å². The summed E-state index contributed by atoms with van der Waals surface area (Å²) in [4.78, 5) is 2.43. The van der Waals surface area contributed by atoms with Gasteiger partial charge in [-0.3, -0.25) is 0 Å². The number of para-hydroxylation sites is 4. The van der Waals surface area contributed by atoms with Gasteiger partial charge in [0.05, 0.1) is 22.1 Å². The quantitative estimate of drug-likeness (QED) is 0.140.